The van der Waals surface area contributed by atoms with Crippen LogP contribution in [0.3, 0.4) is 0 Å². The maximum absolute atomic E-state index is 5.97. The van der Waals surface area contributed by atoms with Crippen LogP contribution in [0.25, 0.3) is 0 Å². The quantitative estimate of drug-likeness (QED) is 0.390. The van der Waals surface area contributed by atoms with Crippen LogP contribution in [0.4, 0.5) is 0 Å². The molecule has 0 aliphatic heterocycles. The van der Waals surface area contributed by atoms with Crippen LogP contribution in [0.1, 0.15) is 32.3 Å². The summed E-state index contributed by atoms with van der Waals surface area (Å²) in [5, 5.41) is 6.67. The predicted molar refractivity (Wildman–Crippen MR) is 103 cm³/mol. The molecule has 1 aromatic carbocycles. The highest BCUT2D eigenvalue weighted by molar-refractivity contribution is 7.98. The monoisotopic (exact) mass is 337 g/mol. The number of nitrogens with zero attached hydrogens (tertiary/aromatic N) is 1. The van der Waals surface area contributed by atoms with Crippen molar-refractivity contribution in [3.8, 4) is 5.75 Å². The first-order valence-electron chi connectivity index (χ1n) is 8.40. The predicted octanol–water partition coefficient (Wildman–Crippen LogP) is 3.46. The van der Waals surface area contributed by atoms with Crippen LogP contribution in [0.2, 0.25) is 0 Å². The maximum Gasteiger partial charge on any atom is 0.191 e. The van der Waals surface area contributed by atoms with Crippen molar-refractivity contribution < 1.29 is 4.74 Å². The van der Waals surface area contributed by atoms with Gasteiger partial charge in [0.1, 0.15) is 11.9 Å². The molecular formula is C18H31N3OS. The Hall–Kier alpha value is -1.36. The number of aliphatic imine (C=N–C) groups is 1. The maximum atomic E-state index is 5.97. The third kappa shape index (κ3) is 8.74. The summed E-state index contributed by atoms with van der Waals surface area (Å²) in [5.41, 5.74) is 1.15. The van der Waals surface area contributed by atoms with E-state index in [1.165, 1.54) is 18.6 Å². The summed E-state index contributed by atoms with van der Waals surface area (Å²) in [6.45, 7) is 8.65. The van der Waals surface area contributed by atoms with Crippen molar-refractivity contribution in [2.24, 2.45) is 4.99 Å². The summed E-state index contributed by atoms with van der Waals surface area (Å²) in [4.78, 5) is 4.62. The third-order valence-corrected chi connectivity index (χ3v) is 4.04. The van der Waals surface area contributed by atoms with Crippen LogP contribution >= 0.6 is 11.8 Å². The first kappa shape index (κ1) is 19.7. The fraction of sp³-hybridized carbons (Fsp3) is 0.611. The van der Waals surface area contributed by atoms with E-state index in [9.17, 15) is 0 Å². The van der Waals surface area contributed by atoms with E-state index in [1.807, 2.05) is 30.0 Å². The molecule has 0 amide bonds. The van der Waals surface area contributed by atoms with Gasteiger partial charge in [-0.05, 0) is 57.3 Å². The molecule has 0 radical (unpaired) electrons. The second kappa shape index (κ2) is 12.1. The molecule has 0 aromatic heterocycles. The first-order valence-corrected chi connectivity index (χ1v) is 9.80. The molecule has 1 rings (SSSR count). The molecule has 0 aliphatic rings. The van der Waals surface area contributed by atoms with Gasteiger partial charge in [-0.1, -0.05) is 18.2 Å². The normalized spacial score (nSPS) is 12.8. The van der Waals surface area contributed by atoms with Crippen molar-refractivity contribution in [1.29, 1.82) is 0 Å². The number of aryl methyl sites for hydroxylation is 1. The Labute approximate surface area is 145 Å². The second-order valence-corrected chi connectivity index (χ2v) is 6.53. The Balaban J connectivity index is 2.41. The fourth-order valence-corrected chi connectivity index (χ4v) is 2.58. The minimum atomic E-state index is 0.0445. The average Bonchev–Trinajstić information content (AvgIpc) is 2.54. The lowest BCUT2D eigenvalue weighted by Crippen LogP contribution is -2.38. The standard InChI is InChI=1S/C18H31N3OS/c1-5-19-18(20-12-8-9-13-23-4)21-14-16(3)22-17-11-7-6-10-15(17)2/h6-7,10-11,16H,5,8-9,12-14H2,1-4H3,(H2,19,20,21). The van der Waals surface area contributed by atoms with Crippen LogP contribution < -0.4 is 15.4 Å². The second-order valence-electron chi connectivity index (χ2n) is 5.54. The van der Waals surface area contributed by atoms with Gasteiger partial charge in [-0.3, -0.25) is 0 Å². The lowest BCUT2D eigenvalue weighted by Gasteiger charge is -2.16. The number of unbranched alkanes of at least 4 members (excludes halogenated alkanes) is 1. The van der Waals surface area contributed by atoms with Gasteiger partial charge in [0.2, 0.25) is 0 Å². The molecule has 23 heavy (non-hydrogen) atoms. The van der Waals surface area contributed by atoms with Crippen molar-refractivity contribution in [3.05, 3.63) is 29.8 Å². The van der Waals surface area contributed by atoms with Gasteiger partial charge in [0.25, 0.3) is 0 Å². The van der Waals surface area contributed by atoms with E-state index in [0.717, 1.165) is 30.4 Å². The molecule has 0 saturated heterocycles. The Kier molecular flexibility index (Phi) is 10.4. The van der Waals surface area contributed by atoms with E-state index in [4.69, 9.17) is 4.74 Å². The zero-order valence-electron chi connectivity index (χ0n) is 14.9. The molecule has 4 nitrogen and oxygen atoms in total. The highest BCUT2D eigenvalue weighted by Gasteiger charge is 2.06. The molecule has 0 fully saturated rings. The lowest BCUT2D eigenvalue weighted by molar-refractivity contribution is 0.228. The van der Waals surface area contributed by atoms with E-state index >= 15 is 0 Å². The van der Waals surface area contributed by atoms with E-state index in [-0.39, 0.29) is 6.10 Å². The van der Waals surface area contributed by atoms with Gasteiger partial charge in [0.15, 0.2) is 5.96 Å². The van der Waals surface area contributed by atoms with Gasteiger partial charge >= 0.3 is 0 Å². The smallest absolute Gasteiger partial charge is 0.191 e. The number of hydrogen-bond donors (Lipinski definition) is 2. The van der Waals surface area contributed by atoms with Gasteiger partial charge in [0.05, 0.1) is 6.54 Å². The van der Waals surface area contributed by atoms with Crippen LogP contribution in [0.5, 0.6) is 5.75 Å². The number of para-hydroxylation sites is 1. The summed E-state index contributed by atoms with van der Waals surface area (Å²) in [5.74, 6) is 3.03. The van der Waals surface area contributed by atoms with Crippen molar-refractivity contribution >= 4 is 17.7 Å². The van der Waals surface area contributed by atoms with Gasteiger partial charge in [-0.15, -0.1) is 0 Å². The molecular weight excluding hydrogens is 306 g/mol. The van der Waals surface area contributed by atoms with Crippen LogP contribution in [0.15, 0.2) is 29.3 Å². The molecule has 0 saturated carbocycles. The first-order chi connectivity index (χ1) is 11.2. The van der Waals surface area contributed by atoms with E-state index in [2.05, 4.69) is 48.7 Å². The van der Waals surface area contributed by atoms with Gasteiger partial charge < -0.3 is 15.4 Å². The zero-order valence-corrected chi connectivity index (χ0v) is 15.7. The van der Waals surface area contributed by atoms with E-state index in [0.29, 0.717) is 6.54 Å². The van der Waals surface area contributed by atoms with Crippen molar-refractivity contribution in [1.82, 2.24) is 10.6 Å². The SMILES string of the molecule is CCNC(=NCC(C)Oc1ccccc1C)NCCCCSC. The number of hydrogen-bond acceptors (Lipinski definition) is 3. The molecule has 1 aromatic rings. The van der Waals surface area contributed by atoms with Gasteiger partial charge in [-0.2, -0.15) is 11.8 Å². The number of thioether (sulfide) groups is 1. The number of benzene rings is 1. The highest BCUT2D eigenvalue weighted by Crippen LogP contribution is 2.17. The summed E-state index contributed by atoms with van der Waals surface area (Å²) in [6, 6.07) is 8.09. The topological polar surface area (TPSA) is 45.7 Å². The Morgan fingerprint density at radius 3 is 2.74 bits per heavy atom. The summed E-state index contributed by atoms with van der Waals surface area (Å²) in [6.07, 6.45) is 4.60. The van der Waals surface area contributed by atoms with Gasteiger partial charge in [-0.25, -0.2) is 4.99 Å². The van der Waals surface area contributed by atoms with Gasteiger partial charge in [0, 0.05) is 13.1 Å². The van der Waals surface area contributed by atoms with Crippen LogP contribution in [-0.4, -0.2) is 43.7 Å². The molecule has 2 N–H and O–H groups in total. The molecule has 0 spiro atoms. The fourth-order valence-electron chi connectivity index (χ4n) is 2.08. The lowest BCUT2D eigenvalue weighted by atomic mass is 10.2. The van der Waals surface area contributed by atoms with Crippen molar-refractivity contribution in [3.63, 3.8) is 0 Å². The average molecular weight is 338 g/mol. The van der Waals surface area contributed by atoms with E-state index in [1.54, 1.807) is 0 Å². The third-order valence-electron chi connectivity index (χ3n) is 3.34. The van der Waals surface area contributed by atoms with Crippen molar-refractivity contribution in [2.45, 2.75) is 39.7 Å². The highest BCUT2D eigenvalue weighted by atomic mass is 32.2. The zero-order chi connectivity index (χ0) is 16.9. The van der Waals surface area contributed by atoms with E-state index < -0.39 is 0 Å². The largest absolute Gasteiger partial charge is 0.489 e. The molecule has 5 heteroatoms. The summed E-state index contributed by atoms with van der Waals surface area (Å²) in [7, 11) is 0. The molecule has 0 bridgehead atoms. The van der Waals surface area contributed by atoms with Crippen LogP contribution in [-0.2, 0) is 0 Å². The molecule has 130 valence electrons. The number of guanidine groups is 1. The Morgan fingerprint density at radius 1 is 1.26 bits per heavy atom. The summed E-state index contributed by atoms with van der Waals surface area (Å²) < 4.78 is 5.97. The molecule has 1 unspecified atom stereocenters. The molecule has 1 atom stereocenters. The number of ether oxygens (including phenoxy) is 1. The minimum absolute atomic E-state index is 0.0445. The molecule has 0 aliphatic carbocycles. The Bertz CT molecular complexity index is 465. The Morgan fingerprint density at radius 2 is 2.04 bits per heavy atom. The molecule has 0 heterocycles. The minimum Gasteiger partial charge on any atom is -0.489 e. The van der Waals surface area contributed by atoms with Crippen molar-refractivity contribution in [2.75, 3.05) is 31.6 Å². The summed E-state index contributed by atoms with van der Waals surface area (Å²) >= 11 is 1.90. The number of rotatable bonds is 10. The van der Waals surface area contributed by atoms with Crippen LogP contribution in [0, 0.1) is 6.92 Å². The number of nitrogens with one attached hydrogen (secondary N) is 2.